The normalized spacial score (nSPS) is 22.0. The van der Waals surface area contributed by atoms with E-state index in [0.717, 1.165) is 0 Å². The van der Waals surface area contributed by atoms with Gasteiger partial charge in [0.15, 0.2) is 0 Å². The Morgan fingerprint density at radius 1 is 1.27 bits per heavy atom. The Balaban J connectivity index is 1.83. The van der Waals surface area contributed by atoms with Gasteiger partial charge >= 0.3 is 6.18 Å². The number of alkyl halides is 3. The van der Waals surface area contributed by atoms with E-state index in [9.17, 15) is 18.0 Å². The lowest BCUT2D eigenvalue weighted by Gasteiger charge is -2.30. The largest absolute Gasteiger partial charge is 0.394 e. The lowest BCUT2D eigenvalue weighted by atomic mass is 9.88. The van der Waals surface area contributed by atoms with E-state index in [-0.39, 0.29) is 18.4 Å². The van der Waals surface area contributed by atoms with Crippen molar-refractivity contribution in [2.24, 2.45) is 5.92 Å². The summed E-state index contributed by atoms with van der Waals surface area (Å²) < 4.78 is 40.3. The Morgan fingerprint density at radius 2 is 2.05 bits per heavy atom. The third kappa shape index (κ3) is 2.68. The number of fused-ring (bicyclic) bond motifs is 1. The molecule has 0 saturated heterocycles. The number of halogens is 3. The van der Waals surface area contributed by atoms with E-state index in [1.54, 1.807) is 18.2 Å². The minimum absolute atomic E-state index is 0.120. The zero-order chi connectivity index (χ0) is 15.7. The van der Waals surface area contributed by atoms with Gasteiger partial charge in [-0.15, -0.1) is 0 Å². The molecule has 8 heteroatoms. The first-order valence-corrected chi connectivity index (χ1v) is 6.78. The van der Waals surface area contributed by atoms with Gasteiger partial charge in [-0.1, -0.05) is 12.2 Å². The second-order valence-corrected chi connectivity index (χ2v) is 5.13. The molecule has 2 unspecified atom stereocenters. The van der Waals surface area contributed by atoms with Crippen molar-refractivity contribution in [1.29, 1.82) is 0 Å². The van der Waals surface area contributed by atoms with Crippen molar-refractivity contribution in [3.8, 4) is 0 Å². The van der Waals surface area contributed by atoms with Crippen LogP contribution in [0.25, 0.3) is 5.52 Å². The van der Waals surface area contributed by atoms with Crippen LogP contribution in [0.1, 0.15) is 23.2 Å². The van der Waals surface area contributed by atoms with Gasteiger partial charge in [0.1, 0.15) is 5.52 Å². The van der Waals surface area contributed by atoms with E-state index in [2.05, 4.69) is 15.5 Å². The van der Waals surface area contributed by atoms with Crippen LogP contribution in [0, 0.1) is 5.92 Å². The highest BCUT2D eigenvalue weighted by Crippen LogP contribution is 2.35. The summed E-state index contributed by atoms with van der Waals surface area (Å²) in [6, 6.07) is 2.30. The molecule has 0 saturated carbocycles. The molecule has 116 valence electrons. The van der Waals surface area contributed by atoms with Crippen LogP contribution in [0.2, 0.25) is 0 Å². The standard InChI is InChI=1S/C14H13F3N4O/c15-14(16,17)10-4-1-2-5-11(10)20-13(22)9-8-19-21-12(9)6-3-7-18-21/h1-3,6-8,10-11H,4-5H2,(H,20,22). The van der Waals surface area contributed by atoms with Crippen LogP contribution in [0.4, 0.5) is 13.2 Å². The zero-order valence-electron chi connectivity index (χ0n) is 11.4. The van der Waals surface area contributed by atoms with Crippen molar-refractivity contribution < 1.29 is 18.0 Å². The molecule has 2 aromatic rings. The van der Waals surface area contributed by atoms with Gasteiger partial charge in [-0.25, -0.2) is 0 Å². The highest BCUT2D eigenvalue weighted by Gasteiger charge is 2.45. The average Bonchev–Trinajstić information content (AvgIpc) is 2.90. The number of rotatable bonds is 2. The summed E-state index contributed by atoms with van der Waals surface area (Å²) in [5.74, 6) is -2.14. The Kier molecular flexibility index (Phi) is 3.59. The number of hydrogen-bond acceptors (Lipinski definition) is 3. The fraction of sp³-hybridized carbons (Fsp3) is 0.357. The Morgan fingerprint density at radius 3 is 2.82 bits per heavy atom. The first-order valence-electron chi connectivity index (χ1n) is 6.78. The van der Waals surface area contributed by atoms with Crippen LogP contribution in [0.5, 0.6) is 0 Å². The molecule has 0 fully saturated rings. The summed E-state index contributed by atoms with van der Waals surface area (Å²) in [5, 5.41) is 10.3. The second-order valence-electron chi connectivity index (χ2n) is 5.13. The fourth-order valence-electron chi connectivity index (χ4n) is 2.59. The first kappa shape index (κ1) is 14.6. The highest BCUT2D eigenvalue weighted by atomic mass is 19.4. The fourth-order valence-corrected chi connectivity index (χ4v) is 2.59. The van der Waals surface area contributed by atoms with Crippen molar-refractivity contribution in [3.63, 3.8) is 0 Å². The first-order chi connectivity index (χ1) is 10.5. The molecule has 2 aromatic heterocycles. The van der Waals surface area contributed by atoms with Crippen LogP contribution in [0.15, 0.2) is 36.7 Å². The zero-order valence-corrected chi connectivity index (χ0v) is 11.4. The number of allylic oxidation sites excluding steroid dienone is 1. The van der Waals surface area contributed by atoms with E-state index in [1.807, 2.05) is 0 Å². The van der Waals surface area contributed by atoms with Crippen molar-refractivity contribution in [1.82, 2.24) is 20.1 Å². The molecule has 0 aromatic carbocycles. The van der Waals surface area contributed by atoms with Crippen LogP contribution >= 0.6 is 0 Å². The lowest BCUT2D eigenvalue weighted by Crippen LogP contribution is -2.46. The maximum atomic E-state index is 13.0. The summed E-state index contributed by atoms with van der Waals surface area (Å²) in [6.45, 7) is 0. The van der Waals surface area contributed by atoms with Gasteiger partial charge in [0.2, 0.25) is 0 Å². The van der Waals surface area contributed by atoms with E-state index in [0.29, 0.717) is 5.52 Å². The average molecular weight is 310 g/mol. The molecule has 0 aliphatic heterocycles. The predicted molar refractivity (Wildman–Crippen MR) is 72.2 cm³/mol. The van der Waals surface area contributed by atoms with Gasteiger partial charge in [-0.2, -0.15) is 28.0 Å². The molecule has 0 bridgehead atoms. The van der Waals surface area contributed by atoms with Gasteiger partial charge in [0.05, 0.1) is 17.7 Å². The van der Waals surface area contributed by atoms with E-state index >= 15 is 0 Å². The summed E-state index contributed by atoms with van der Waals surface area (Å²) in [7, 11) is 0. The SMILES string of the molecule is O=C(NC1CC=CCC1C(F)(F)F)c1cnn2ncccc12. The number of carbonyl (C=O) groups excluding carboxylic acids is 1. The minimum Gasteiger partial charge on any atom is -0.348 e. The third-order valence-electron chi connectivity index (χ3n) is 3.72. The highest BCUT2D eigenvalue weighted by molar-refractivity contribution is 6.00. The smallest absolute Gasteiger partial charge is 0.348 e. The van der Waals surface area contributed by atoms with E-state index < -0.39 is 24.0 Å². The van der Waals surface area contributed by atoms with Crippen LogP contribution in [0.3, 0.4) is 0 Å². The number of nitrogens with one attached hydrogen (secondary N) is 1. The molecular formula is C14H13F3N4O. The summed E-state index contributed by atoms with van der Waals surface area (Å²) in [5.41, 5.74) is 0.665. The molecule has 1 aliphatic rings. The maximum absolute atomic E-state index is 13.0. The minimum atomic E-state index is -4.34. The molecule has 0 radical (unpaired) electrons. The number of carbonyl (C=O) groups is 1. The van der Waals surface area contributed by atoms with Gasteiger partial charge < -0.3 is 5.32 Å². The number of amides is 1. The molecule has 3 rings (SSSR count). The van der Waals surface area contributed by atoms with Crippen LogP contribution in [-0.4, -0.2) is 33.0 Å². The van der Waals surface area contributed by atoms with Crippen molar-refractivity contribution in [3.05, 3.63) is 42.2 Å². The van der Waals surface area contributed by atoms with Crippen molar-refractivity contribution in [2.75, 3.05) is 0 Å². The Bertz CT molecular complexity index is 722. The topological polar surface area (TPSA) is 59.3 Å². The van der Waals surface area contributed by atoms with Crippen molar-refractivity contribution >= 4 is 11.4 Å². The van der Waals surface area contributed by atoms with Gasteiger partial charge in [-0.05, 0) is 25.0 Å². The molecule has 1 aliphatic carbocycles. The van der Waals surface area contributed by atoms with E-state index in [1.165, 1.54) is 23.1 Å². The van der Waals surface area contributed by atoms with E-state index in [4.69, 9.17) is 0 Å². The van der Waals surface area contributed by atoms with Crippen molar-refractivity contribution in [2.45, 2.75) is 25.1 Å². The predicted octanol–water partition coefficient (Wildman–Crippen LogP) is 2.36. The maximum Gasteiger partial charge on any atom is 0.394 e. The van der Waals surface area contributed by atoms with Gasteiger partial charge in [-0.3, -0.25) is 4.79 Å². The monoisotopic (exact) mass is 310 g/mol. The molecule has 2 atom stereocenters. The summed E-state index contributed by atoms with van der Waals surface area (Å²) >= 11 is 0. The summed E-state index contributed by atoms with van der Waals surface area (Å²) in [6.07, 6.45) is 1.67. The lowest BCUT2D eigenvalue weighted by molar-refractivity contribution is -0.181. The molecule has 5 nitrogen and oxygen atoms in total. The molecular weight excluding hydrogens is 297 g/mol. The Hall–Kier alpha value is -2.38. The quantitative estimate of drug-likeness (QED) is 0.866. The second kappa shape index (κ2) is 5.43. The molecule has 22 heavy (non-hydrogen) atoms. The molecule has 1 amide bonds. The third-order valence-corrected chi connectivity index (χ3v) is 3.72. The molecule has 0 spiro atoms. The number of nitrogens with zero attached hydrogens (tertiary/aromatic N) is 3. The summed E-state index contributed by atoms with van der Waals surface area (Å²) in [4.78, 5) is 12.3. The van der Waals surface area contributed by atoms with Crippen LogP contribution < -0.4 is 5.32 Å². The Labute approximate surface area is 123 Å². The number of aromatic nitrogens is 3. The molecule has 1 N–H and O–H groups in total. The van der Waals surface area contributed by atoms with Gasteiger partial charge in [0, 0.05) is 12.2 Å². The molecule has 2 heterocycles. The number of hydrogen-bond donors (Lipinski definition) is 1. The van der Waals surface area contributed by atoms with Crippen LogP contribution in [-0.2, 0) is 0 Å². The van der Waals surface area contributed by atoms with Gasteiger partial charge in [0.25, 0.3) is 5.91 Å².